The molecule has 0 radical (unpaired) electrons. The molecule has 0 aliphatic rings. The van der Waals surface area contributed by atoms with Gasteiger partial charge in [-0.1, -0.05) is 12.1 Å². The van der Waals surface area contributed by atoms with E-state index in [4.69, 9.17) is 10.00 Å². The second-order valence-electron chi connectivity index (χ2n) is 5.17. The number of anilines is 1. The van der Waals surface area contributed by atoms with E-state index in [9.17, 15) is 9.59 Å². The molecule has 7 heteroatoms. The largest absolute Gasteiger partial charge is 0.462 e. The Kier molecular flexibility index (Phi) is 7.04. The molecule has 0 saturated heterocycles. The molecule has 0 atom stereocenters. The molecule has 25 heavy (non-hydrogen) atoms. The molecule has 0 aliphatic carbocycles. The summed E-state index contributed by atoms with van der Waals surface area (Å²) in [5.41, 5.74) is 2.07. The van der Waals surface area contributed by atoms with Crippen molar-refractivity contribution in [3.05, 3.63) is 51.9 Å². The summed E-state index contributed by atoms with van der Waals surface area (Å²) in [4.78, 5) is 25.0. The van der Waals surface area contributed by atoms with Crippen LogP contribution in [0.3, 0.4) is 0 Å². The Hall–Kier alpha value is -2.30. The van der Waals surface area contributed by atoms with Gasteiger partial charge in [-0.3, -0.25) is 4.79 Å². The normalized spacial score (nSPS) is 10.1. The zero-order chi connectivity index (χ0) is 18.2. The highest BCUT2D eigenvalue weighted by atomic mass is 32.2. The van der Waals surface area contributed by atoms with Gasteiger partial charge in [-0.2, -0.15) is 5.26 Å². The molecule has 5 nitrogen and oxygen atoms in total. The predicted molar refractivity (Wildman–Crippen MR) is 101 cm³/mol. The van der Waals surface area contributed by atoms with Crippen molar-refractivity contribution in [2.45, 2.75) is 19.6 Å². The van der Waals surface area contributed by atoms with E-state index in [0.29, 0.717) is 28.5 Å². The number of rotatable bonds is 7. The Balaban J connectivity index is 1.88. The van der Waals surface area contributed by atoms with E-state index in [1.807, 2.05) is 19.1 Å². The number of aryl methyl sites for hydroxylation is 1. The summed E-state index contributed by atoms with van der Waals surface area (Å²) < 4.78 is 5.01. The molecular formula is C18H18N2O3S2. The Morgan fingerprint density at radius 1 is 1.32 bits per heavy atom. The van der Waals surface area contributed by atoms with Crippen molar-refractivity contribution in [1.82, 2.24) is 0 Å². The molecular weight excluding hydrogens is 356 g/mol. The minimum atomic E-state index is -0.424. The van der Waals surface area contributed by atoms with Gasteiger partial charge in [0, 0.05) is 10.6 Å². The van der Waals surface area contributed by atoms with Crippen LogP contribution >= 0.6 is 23.1 Å². The van der Waals surface area contributed by atoms with Gasteiger partial charge in [0.25, 0.3) is 0 Å². The average Bonchev–Trinajstić information content (AvgIpc) is 2.96. The molecule has 2 rings (SSSR count). The highest BCUT2D eigenvalue weighted by Gasteiger charge is 2.17. The van der Waals surface area contributed by atoms with E-state index in [0.717, 1.165) is 10.4 Å². The average molecular weight is 374 g/mol. The molecule has 1 amide bonds. The van der Waals surface area contributed by atoms with Gasteiger partial charge < -0.3 is 10.1 Å². The number of hydrogen-bond acceptors (Lipinski definition) is 6. The first-order valence-corrected chi connectivity index (χ1v) is 9.64. The van der Waals surface area contributed by atoms with Gasteiger partial charge >= 0.3 is 5.97 Å². The van der Waals surface area contributed by atoms with Crippen molar-refractivity contribution in [2.24, 2.45) is 0 Å². The number of ether oxygens (including phenoxy) is 1. The van der Waals surface area contributed by atoms with Crippen LogP contribution in [-0.4, -0.2) is 24.2 Å². The molecule has 0 bridgehead atoms. The predicted octanol–water partition coefficient (Wildman–Crippen LogP) is 3.98. The van der Waals surface area contributed by atoms with Gasteiger partial charge in [-0.15, -0.1) is 23.1 Å². The third kappa shape index (κ3) is 5.62. The summed E-state index contributed by atoms with van der Waals surface area (Å²) in [6.07, 6.45) is 0. The van der Waals surface area contributed by atoms with Crippen LogP contribution in [0.2, 0.25) is 0 Å². The molecule has 1 N–H and O–H groups in total. The molecule has 0 aliphatic heterocycles. The van der Waals surface area contributed by atoms with E-state index in [-0.39, 0.29) is 11.7 Å². The maximum Gasteiger partial charge on any atom is 0.341 e. The van der Waals surface area contributed by atoms with Crippen molar-refractivity contribution in [3.63, 3.8) is 0 Å². The number of nitriles is 1. The summed E-state index contributed by atoms with van der Waals surface area (Å²) >= 11 is 2.83. The molecule has 0 saturated carbocycles. The number of benzene rings is 1. The van der Waals surface area contributed by atoms with Gasteiger partial charge in [0.1, 0.15) is 5.00 Å². The fourth-order valence-electron chi connectivity index (χ4n) is 2.07. The molecule has 1 aromatic carbocycles. The van der Waals surface area contributed by atoms with Crippen molar-refractivity contribution in [1.29, 1.82) is 5.26 Å². The van der Waals surface area contributed by atoms with Gasteiger partial charge in [0.2, 0.25) is 5.91 Å². The highest BCUT2D eigenvalue weighted by molar-refractivity contribution is 7.99. The number of nitrogens with zero attached hydrogens (tertiary/aromatic N) is 1. The highest BCUT2D eigenvalue weighted by Crippen LogP contribution is 2.28. The maximum absolute atomic E-state index is 12.1. The quantitative estimate of drug-likeness (QED) is 0.742. The first-order chi connectivity index (χ1) is 12.0. The van der Waals surface area contributed by atoms with Crippen LogP contribution in [0, 0.1) is 18.3 Å². The number of carbonyl (C=O) groups is 2. The fourth-order valence-corrected chi connectivity index (χ4v) is 3.77. The molecule has 0 unspecified atom stereocenters. The van der Waals surface area contributed by atoms with Gasteiger partial charge in [0.15, 0.2) is 0 Å². The molecule has 1 heterocycles. The summed E-state index contributed by atoms with van der Waals surface area (Å²) in [6, 6.07) is 11.1. The lowest BCUT2D eigenvalue weighted by Crippen LogP contribution is -2.16. The van der Waals surface area contributed by atoms with Gasteiger partial charge in [-0.05, 0) is 37.6 Å². The van der Waals surface area contributed by atoms with Crippen molar-refractivity contribution in [3.8, 4) is 6.07 Å². The lowest BCUT2D eigenvalue weighted by molar-refractivity contribution is -0.113. The first kappa shape index (κ1) is 19.0. The van der Waals surface area contributed by atoms with Crippen molar-refractivity contribution >= 4 is 40.0 Å². The van der Waals surface area contributed by atoms with Gasteiger partial charge in [-0.25, -0.2) is 4.79 Å². The second-order valence-corrected chi connectivity index (χ2v) is 7.41. The van der Waals surface area contributed by atoms with Gasteiger partial charge in [0.05, 0.1) is 29.6 Å². The number of carbonyl (C=O) groups excluding carboxylic acids is 2. The number of amides is 1. The number of thioether (sulfide) groups is 1. The van der Waals surface area contributed by atoms with Crippen LogP contribution in [0.1, 0.15) is 33.3 Å². The summed E-state index contributed by atoms with van der Waals surface area (Å²) in [7, 11) is 0. The smallest absolute Gasteiger partial charge is 0.341 e. The number of thiophene rings is 1. The number of esters is 1. The fraction of sp³-hybridized carbons (Fsp3) is 0.278. The third-order valence-corrected chi connectivity index (χ3v) is 5.16. The minimum Gasteiger partial charge on any atom is -0.462 e. The van der Waals surface area contributed by atoms with E-state index >= 15 is 0 Å². The van der Waals surface area contributed by atoms with Crippen LogP contribution in [0.4, 0.5) is 5.00 Å². The van der Waals surface area contributed by atoms with E-state index in [1.165, 1.54) is 23.1 Å². The van der Waals surface area contributed by atoms with Crippen LogP contribution in [0.15, 0.2) is 30.3 Å². The summed E-state index contributed by atoms with van der Waals surface area (Å²) in [6.45, 7) is 3.92. The van der Waals surface area contributed by atoms with Crippen molar-refractivity contribution in [2.75, 3.05) is 17.7 Å². The Bertz CT molecular complexity index is 792. The topological polar surface area (TPSA) is 79.2 Å². The van der Waals surface area contributed by atoms with E-state index < -0.39 is 5.97 Å². The van der Waals surface area contributed by atoms with E-state index in [2.05, 4.69) is 11.4 Å². The summed E-state index contributed by atoms with van der Waals surface area (Å²) in [5, 5.41) is 12.1. The first-order valence-electron chi connectivity index (χ1n) is 7.67. The van der Waals surface area contributed by atoms with Crippen LogP contribution in [0.25, 0.3) is 0 Å². The number of hydrogen-bond donors (Lipinski definition) is 1. The van der Waals surface area contributed by atoms with E-state index in [1.54, 1.807) is 25.1 Å². The molecule has 2 aromatic rings. The van der Waals surface area contributed by atoms with Crippen LogP contribution in [0.5, 0.6) is 0 Å². The standard InChI is InChI=1S/C18H18N2O3S2/c1-3-23-18(22)15-8-12(2)25-17(15)20-16(21)11-24-10-14-6-4-13(9-19)5-7-14/h4-8H,3,10-11H2,1-2H3,(H,20,21). The zero-order valence-corrected chi connectivity index (χ0v) is 15.6. The minimum absolute atomic E-state index is 0.161. The molecule has 0 spiro atoms. The lowest BCUT2D eigenvalue weighted by Gasteiger charge is -2.06. The Morgan fingerprint density at radius 3 is 2.68 bits per heavy atom. The molecule has 130 valence electrons. The Labute approximate surface area is 155 Å². The maximum atomic E-state index is 12.1. The monoisotopic (exact) mass is 374 g/mol. The summed E-state index contributed by atoms with van der Waals surface area (Å²) in [5.74, 6) is 0.366. The second kappa shape index (κ2) is 9.25. The number of nitrogens with one attached hydrogen (secondary N) is 1. The van der Waals surface area contributed by atoms with Crippen molar-refractivity contribution < 1.29 is 14.3 Å². The Morgan fingerprint density at radius 2 is 2.04 bits per heavy atom. The molecule has 0 fully saturated rings. The zero-order valence-electron chi connectivity index (χ0n) is 14.0. The van der Waals surface area contributed by atoms with Crippen LogP contribution in [-0.2, 0) is 15.3 Å². The van der Waals surface area contributed by atoms with Crippen LogP contribution < -0.4 is 5.32 Å². The SMILES string of the molecule is CCOC(=O)c1cc(C)sc1NC(=O)CSCc1ccc(C#N)cc1. The third-order valence-electron chi connectivity index (χ3n) is 3.19. The molecule has 1 aromatic heterocycles. The lowest BCUT2D eigenvalue weighted by atomic mass is 10.2.